The minimum Gasteiger partial charge on any atom is -0.462 e. The Morgan fingerprint density at radius 2 is 0.609 bits per heavy atom. The first-order valence-electron chi connectivity index (χ1n) is 29.8. The molecule has 0 aromatic heterocycles. The molecule has 0 heterocycles. The molecule has 0 bridgehead atoms. The van der Waals surface area contributed by atoms with Crippen molar-refractivity contribution < 1.29 is 28.6 Å². The number of carbonyl (C=O) groups is 3. The van der Waals surface area contributed by atoms with Crippen LogP contribution in [0.15, 0.2) is 60.8 Å². The monoisotopic (exact) mass is 965 g/mol. The molecule has 6 heteroatoms. The van der Waals surface area contributed by atoms with Crippen LogP contribution in [0.3, 0.4) is 0 Å². The van der Waals surface area contributed by atoms with Gasteiger partial charge in [0, 0.05) is 19.3 Å². The summed E-state index contributed by atoms with van der Waals surface area (Å²) in [6.45, 7) is 6.53. The third-order valence-electron chi connectivity index (χ3n) is 13.0. The molecule has 0 aromatic rings. The Labute approximate surface area is 428 Å². The van der Waals surface area contributed by atoms with Crippen LogP contribution in [-0.4, -0.2) is 37.2 Å². The molecule has 1 unspecified atom stereocenters. The van der Waals surface area contributed by atoms with Crippen molar-refractivity contribution in [2.75, 3.05) is 13.2 Å². The molecule has 0 aromatic carbocycles. The van der Waals surface area contributed by atoms with Gasteiger partial charge in [-0.25, -0.2) is 0 Å². The smallest absolute Gasteiger partial charge is 0.306 e. The fourth-order valence-electron chi connectivity index (χ4n) is 8.57. The Morgan fingerprint density at radius 3 is 0.971 bits per heavy atom. The third kappa shape index (κ3) is 55.9. The van der Waals surface area contributed by atoms with Crippen LogP contribution in [0.1, 0.15) is 303 Å². The summed E-state index contributed by atoms with van der Waals surface area (Å²) in [6.07, 6.45) is 72.2. The highest BCUT2D eigenvalue weighted by molar-refractivity contribution is 5.71. The highest BCUT2D eigenvalue weighted by atomic mass is 16.6. The number of ether oxygens (including phenoxy) is 3. The van der Waals surface area contributed by atoms with Gasteiger partial charge in [0.15, 0.2) is 6.10 Å². The zero-order chi connectivity index (χ0) is 50.0. The van der Waals surface area contributed by atoms with Gasteiger partial charge in [0.05, 0.1) is 0 Å². The minimum atomic E-state index is -0.790. The fraction of sp³-hybridized carbons (Fsp3) is 0.794. The molecule has 0 N–H and O–H groups in total. The van der Waals surface area contributed by atoms with E-state index in [1.807, 2.05) is 0 Å². The molecule has 0 saturated carbocycles. The molecule has 0 aliphatic rings. The Kier molecular flexibility index (Phi) is 55.3. The van der Waals surface area contributed by atoms with Crippen LogP contribution in [0, 0.1) is 0 Å². The first kappa shape index (κ1) is 66.1. The lowest BCUT2D eigenvalue weighted by atomic mass is 10.0. The van der Waals surface area contributed by atoms with E-state index in [4.69, 9.17) is 14.2 Å². The largest absolute Gasteiger partial charge is 0.462 e. The summed E-state index contributed by atoms with van der Waals surface area (Å²) < 4.78 is 16.9. The molecule has 0 fully saturated rings. The van der Waals surface area contributed by atoms with Gasteiger partial charge in [0.1, 0.15) is 13.2 Å². The Balaban J connectivity index is 4.38. The van der Waals surface area contributed by atoms with Crippen LogP contribution >= 0.6 is 0 Å². The van der Waals surface area contributed by atoms with E-state index in [0.29, 0.717) is 19.3 Å². The third-order valence-corrected chi connectivity index (χ3v) is 13.0. The number of hydrogen-bond donors (Lipinski definition) is 0. The van der Waals surface area contributed by atoms with Gasteiger partial charge in [-0.1, -0.05) is 268 Å². The maximum Gasteiger partial charge on any atom is 0.306 e. The summed E-state index contributed by atoms with van der Waals surface area (Å²) in [6, 6.07) is 0. The zero-order valence-electron chi connectivity index (χ0n) is 45.8. The molecule has 400 valence electrons. The molecule has 0 rings (SSSR count). The number of unbranched alkanes of at least 4 members (excludes halogenated alkanes) is 34. The summed E-state index contributed by atoms with van der Waals surface area (Å²) in [5.41, 5.74) is 0. The van der Waals surface area contributed by atoms with E-state index in [-0.39, 0.29) is 31.1 Å². The van der Waals surface area contributed by atoms with Gasteiger partial charge in [-0.15, -0.1) is 0 Å². The van der Waals surface area contributed by atoms with Gasteiger partial charge in [0.2, 0.25) is 0 Å². The van der Waals surface area contributed by atoms with Gasteiger partial charge >= 0.3 is 17.9 Å². The van der Waals surface area contributed by atoms with Gasteiger partial charge < -0.3 is 14.2 Å². The molecule has 0 aliphatic heterocycles. The van der Waals surface area contributed by atoms with Crippen molar-refractivity contribution in [1.29, 1.82) is 0 Å². The van der Waals surface area contributed by atoms with Gasteiger partial charge in [-0.2, -0.15) is 0 Å². The quantitative estimate of drug-likeness (QED) is 0.0199. The average Bonchev–Trinajstić information content (AvgIpc) is 3.35. The number of hydrogen-bond acceptors (Lipinski definition) is 6. The normalized spacial score (nSPS) is 12.4. The Bertz CT molecular complexity index is 1250. The maximum atomic E-state index is 12.9. The van der Waals surface area contributed by atoms with E-state index >= 15 is 0 Å². The molecule has 1 atom stereocenters. The number of carbonyl (C=O) groups excluding carboxylic acids is 3. The first-order chi connectivity index (χ1) is 34.0. The summed E-state index contributed by atoms with van der Waals surface area (Å²) in [5, 5.41) is 0. The van der Waals surface area contributed by atoms with Crippen LogP contribution in [-0.2, 0) is 28.6 Å². The van der Waals surface area contributed by atoms with Gasteiger partial charge in [-0.05, 0) is 77.0 Å². The highest BCUT2D eigenvalue weighted by Gasteiger charge is 2.19. The van der Waals surface area contributed by atoms with Crippen molar-refractivity contribution in [3.8, 4) is 0 Å². The van der Waals surface area contributed by atoms with Crippen molar-refractivity contribution in [2.24, 2.45) is 0 Å². The molecule has 0 aliphatic carbocycles. The van der Waals surface area contributed by atoms with E-state index in [2.05, 4.69) is 81.5 Å². The van der Waals surface area contributed by atoms with Crippen molar-refractivity contribution in [1.82, 2.24) is 0 Å². The number of esters is 3. The second-order valence-electron chi connectivity index (χ2n) is 19.9. The van der Waals surface area contributed by atoms with Crippen molar-refractivity contribution in [3.05, 3.63) is 60.8 Å². The summed E-state index contributed by atoms with van der Waals surface area (Å²) >= 11 is 0. The van der Waals surface area contributed by atoms with Crippen molar-refractivity contribution in [2.45, 2.75) is 309 Å². The molecular formula is C63H112O6. The maximum absolute atomic E-state index is 12.9. The first-order valence-corrected chi connectivity index (χ1v) is 29.8. The van der Waals surface area contributed by atoms with Crippen LogP contribution in [0.5, 0.6) is 0 Å². The van der Waals surface area contributed by atoms with E-state index in [1.165, 1.54) is 154 Å². The highest BCUT2D eigenvalue weighted by Crippen LogP contribution is 2.16. The predicted molar refractivity (Wildman–Crippen MR) is 298 cm³/mol. The van der Waals surface area contributed by atoms with Crippen LogP contribution in [0.25, 0.3) is 0 Å². The van der Waals surface area contributed by atoms with E-state index in [0.717, 1.165) is 109 Å². The standard InChI is InChI=1S/C63H112O6/c1-4-7-10-13-16-19-22-25-28-30-32-34-35-38-41-44-47-50-53-56-62(65)68-59-60(58-67-61(64)55-52-49-46-43-40-37-27-24-21-18-15-12-9-6-3)69-63(66)57-54-51-48-45-42-39-36-33-31-29-26-23-20-17-14-11-8-5-2/h9,12,18,21,27,29,31,33,36-37,60H,4-8,10-11,13-17,19-20,22-26,28,30,32,34-35,38-59H2,1-3H3/b12-9-,21-18-,31-29-,36-33-,37-27-. The van der Waals surface area contributed by atoms with Crippen LogP contribution < -0.4 is 0 Å². The van der Waals surface area contributed by atoms with E-state index in [1.54, 1.807) is 0 Å². The fourth-order valence-corrected chi connectivity index (χ4v) is 8.57. The second kappa shape index (κ2) is 57.7. The number of allylic oxidation sites excluding steroid dienone is 10. The summed E-state index contributed by atoms with van der Waals surface area (Å²) in [7, 11) is 0. The minimum absolute atomic E-state index is 0.0853. The van der Waals surface area contributed by atoms with Crippen LogP contribution in [0.2, 0.25) is 0 Å². The number of rotatable bonds is 54. The van der Waals surface area contributed by atoms with E-state index in [9.17, 15) is 14.4 Å². The topological polar surface area (TPSA) is 78.9 Å². The van der Waals surface area contributed by atoms with Gasteiger partial charge in [-0.3, -0.25) is 14.4 Å². The Hall–Kier alpha value is -2.89. The summed E-state index contributed by atoms with van der Waals surface area (Å²) in [4.78, 5) is 38.2. The average molecular weight is 966 g/mol. The molecule has 0 amide bonds. The second-order valence-corrected chi connectivity index (χ2v) is 19.9. The van der Waals surface area contributed by atoms with Crippen LogP contribution in [0.4, 0.5) is 0 Å². The lowest BCUT2D eigenvalue weighted by Crippen LogP contribution is -2.30. The zero-order valence-corrected chi connectivity index (χ0v) is 45.8. The van der Waals surface area contributed by atoms with Crippen molar-refractivity contribution in [3.63, 3.8) is 0 Å². The van der Waals surface area contributed by atoms with Gasteiger partial charge in [0.25, 0.3) is 0 Å². The molecule has 6 nitrogen and oxygen atoms in total. The SMILES string of the molecule is CC/C=C\C/C=C\C/C=C\CCCCCCC(=O)OCC(COC(=O)CCCCCCCCCCCCCCCCCCCCC)OC(=O)CCCCCCC/C=C\C=C/CCCCCCCCC. The molecule has 0 radical (unpaired) electrons. The predicted octanol–water partition coefficient (Wildman–Crippen LogP) is 20.0. The lowest BCUT2D eigenvalue weighted by molar-refractivity contribution is -0.167. The van der Waals surface area contributed by atoms with E-state index < -0.39 is 6.10 Å². The molecule has 0 saturated heterocycles. The molecular weight excluding hydrogens is 853 g/mol. The Morgan fingerprint density at radius 1 is 0.319 bits per heavy atom. The molecule has 0 spiro atoms. The summed E-state index contributed by atoms with van der Waals surface area (Å²) in [5.74, 6) is -0.910. The molecule has 69 heavy (non-hydrogen) atoms. The van der Waals surface area contributed by atoms with Crippen molar-refractivity contribution >= 4 is 17.9 Å². The lowest BCUT2D eigenvalue weighted by Gasteiger charge is -2.18.